The lowest BCUT2D eigenvalue weighted by Crippen LogP contribution is -2.24. The number of imidazole rings is 1. The maximum absolute atomic E-state index is 14.0. The van der Waals surface area contributed by atoms with Crippen LogP contribution in [0.15, 0.2) is 53.5 Å². The molecule has 1 aromatic carbocycles. The maximum atomic E-state index is 14.0. The summed E-state index contributed by atoms with van der Waals surface area (Å²) in [7, 11) is -0.803. The summed E-state index contributed by atoms with van der Waals surface area (Å²) in [6.45, 7) is 1.57. The smallest absolute Gasteiger partial charge is 0.204 e. The molecule has 0 saturated heterocycles. The second-order valence-corrected chi connectivity index (χ2v) is 10.7. The van der Waals surface area contributed by atoms with Crippen molar-refractivity contribution in [2.24, 2.45) is 0 Å². The Morgan fingerprint density at radius 1 is 1.11 bits per heavy atom. The molecule has 13 heteroatoms. The van der Waals surface area contributed by atoms with Gasteiger partial charge in [-0.05, 0) is 31.2 Å². The molecule has 0 radical (unpaired) electrons. The minimum absolute atomic E-state index is 0.0401. The fourth-order valence-electron chi connectivity index (χ4n) is 4.09. The molecule has 0 amide bonds. The Morgan fingerprint density at radius 3 is 2.54 bits per heavy atom. The highest BCUT2D eigenvalue weighted by atomic mass is 32.2. The zero-order valence-corrected chi connectivity index (χ0v) is 21.0. The Balaban J connectivity index is 1.56. The van der Waals surface area contributed by atoms with Crippen LogP contribution in [0.4, 0.5) is 4.39 Å². The van der Waals surface area contributed by atoms with E-state index in [0.717, 1.165) is 6.20 Å². The number of halogens is 1. The van der Waals surface area contributed by atoms with Crippen molar-refractivity contribution < 1.29 is 26.7 Å². The van der Waals surface area contributed by atoms with Gasteiger partial charge in [-0.3, -0.25) is 9.55 Å². The number of nitrogens with one attached hydrogen (secondary N) is 1. The molecular formula is C24H23FN6O5S. The van der Waals surface area contributed by atoms with Crippen LogP contribution >= 0.6 is 0 Å². The molecule has 37 heavy (non-hydrogen) atoms. The van der Waals surface area contributed by atoms with Gasteiger partial charge in [0.2, 0.25) is 5.82 Å². The SMILES string of the molecule is COc1cccc(OC)c1-n1c(CS(=O)(=O)[C@H](C)Cc2ncc(F)c3nc[nH]c23)nnc1-c1ccco1. The Kier molecular flexibility index (Phi) is 6.38. The number of fused-ring (bicyclic) bond motifs is 1. The number of aromatic nitrogens is 6. The van der Waals surface area contributed by atoms with Gasteiger partial charge in [0.15, 0.2) is 27.2 Å². The van der Waals surface area contributed by atoms with Crippen LogP contribution in [0.5, 0.6) is 11.5 Å². The van der Waals surface area contributed by atoms with Crippen molar-refractivity contribution in [3.05, 3.63) is 66.5 Å². The van der Waals surface area contributed by atoms with E-state index in [1.807, 2.05) is 0 Å². The van der Waals surface area contributed by atoms with Crippen LogP contribution in [-0.2, 0) is 22.0 Å². The number of H-pyrrole nitrogens is 1. The number of hydrogen-bond donors (Lipinski definition) is 1. The second-order valence-electron chi connectivity index (χ2n) is 8.26. The zero-order valence-electron chi connectivity index (χ0n) is 20.2. The van der Waals surface area contributed by atoms with Crippen molar-refractivity contribution in [3.63, 3.8) is 0 Å². The molecule has 0 bridgehead atoms. The van der Waals surface area contributed by atoms with Gasteiger partial charge in [-0.1, -0.05) is 6.07 Å². The van der Waals surface area contributed by atoms with Gasteiger partial charge in [-0.2, -0.15) is 0 Å². The van der Waals surface area contributed by atoms with Crippen molar-refractivity contribution in [1.82, 2.24) is 29.7 Å². The summed E-state index contributed by atoms with van der Waals surface area (Å²) in [4.78, 5) is 10.9. The van der Waals surface area contributed by atoms with Gasteiger partial charge in [0, 0.05) is 6.42 Å². The molecule has 1 atom stereocenters. The number of aromatic amines is 1. The van der Waals surface area contributed by atoms with E-state index in [2.05, 4.69) is 25.1 Å². The van der Waals surface area contributed by atoms with Gasteiger partial charge < -0.3 is 18.9 Å². The first-order chi connectivity index (χ1) is 17.8. The number of rotatable bonds is 9. The standard InChI is InChI=1S/C24H23FN6O5S/c1-14(10-16-22-21(27-13-28-22)15(25)11-26-16)37(32,33)12-20-29-30-24(19-8-5-9-36-19)31(20)23-17(34-2)6-4-7-18(23)35-3/h4-9,11,13-14H,10,12H2,1-3H3,(H,27,28)/t14-/m1/s1. The van der Waals surface area contributed by atoms with Crippen LogP contribution in [0, 0.1) is 5.82 Å². The summed E-state index contributed by atoms with van der Waals surface area (Å²) in [5, 5.41) is 7.56. The molecule has 4 heterocycles. The van der Waals surface area contributed by atoms with Crippen molar-refractivity contribution in [1.29, 1.82) is 0 Å². The Labute approximate surface area is 211 Å². The predicted octanol–water partition coefficient (Wildman–Crippen LogP) is 3.50. The van der Waals surface area contributed by atoms with E-state index in [1.165, 1.54) is 26.8 Å². The van der Waals surface area contributed by atoms with E-state index < -0.39 is 26.7 Å². The second kappa shape index (κ2) is 9.65. The number of methoxy groups -OCH3 is 2. The van der Waals surface area contributed by atoms with Crippen molar-refractivity contribution in [2.45, 2.75) is 24.3 Å². The minimum atomic E-state index is -3.80. The van der Waals surface area contributed by atoms with E-state index in [4.69, 9.17) is 13.9 Å². The largest absolute Gasteiger partial charge is 0.494 e. The Bertz CT molecular complexity index is 1640. The molecule has 0 unspecified atom stereocenters. The summed E-state index contributed by atoms with van der Waals surface area (Å²) >= 11 is 0. The molecule has 192 valence electrons. The Hall–Kier alpha value is -4.26. The number of sulfone groups is 1. The third-order valence-electron chi connectivity index (χ3n) is 6.01. The molecule has 5 rings (SSSR count). The lowest BCUT2D eigenvalue weighted by molar-refractivity contribution is 0.390. The minimum Gasteiger partial charge on any atom is -0.494 e. The van der Waals surface area contributed by atoms with Crippen LogP contribution in [0.2, 0.25) is 0 Å². The van der Waals surface area contributed by atoms with Crippen LogP contribution in [0.3, 0.4) is 0 Å². The molecular weight excluding hydrogens is 503 g/mol. The summed E-state index contributed by atoms with van der Waals surface area (Å²) in [6.07, 6.45) is 3.91. The summed E-state index contributed by atoms with van der Waals surface area (Å²) in [5.41, 5.74) is 1.31. The molecule has 0 aliphatic heterocycles. The summed E-state index contributed by atoms with van der Waals surface area (Å²) in [5.74, 6) is 0.627. The highest BCUT2D eigenvalue weighted by molar-refractivity contribution is 7.91. The monoisotopic (exact) mass is 526 g/mol. The number of benzene rings is 1. The van der Waals surface area contributed by atoms with E-state index in [1.54, 1.807) is 41.8 Å². The van der Waals surface area contributed by atoms with Gasteiger partial charge in [0.05, 0.1) is 49.5 Å². The first kappa shape index (κ1) is 24.4. The van der Waals surface area contributed by atoms with Crippen molar-refractivity contribution >= 4 is 20.9 Å². The van der Waals surface area contributed by atoms with Gasteiger partial charge in [-0.15, -0.1) is 10.2 Å². The van der Waals surface area contributed by atoms with Crippen LogP contribution in [0.1, 0.15) is 18.4 Å². The van der Waals surface area contributed by atoms with Gasteiger partial charge >= 0.3 is 0 Å². The highest BCUT2D eigenvalue weighted by Crippen LogP contribution is 2.37. The maximum Gasteiger partial charge on any atom is 0.204 e. The molecule has 5 aromatic rings. The summed E-state index contributed by atoms with van der Waals surface area (Å²) in [6, 6.07) is 8.58. The number of nitrogens with zero attached hydrogens (tertiary/aromatic N) is 5. The third kappa shape index (κ3) is 4.42. The number of para-hydroxylation sites is 1. The van der Waals surface area contributed by atoms with E-state index in [-0.39, 0.29) is 23.6 Å². The molecule has 0 fully saturated rings. The molecule has 11 nitrogen and oxygen atoms in total. The topological polar surface area (TPSA) is 138 Å². The number of pyridine rings is 1. The van der Waals surface area contributed by atoms with Crippen molar-refractivity contribution in [2.75, 3.05) is 14.2 Å². The van der Waals surface area contributed by atoms with E-state index >= 15 is 0 Å². The first-order valence-electron chi connectivity index (χ1n) is 11.2. The summed E-state index contributed by atoms with van der Waals surface area (Å²) < 4.78 is 59.3. The number of hydrogen-bond acceptors (Lipinski definition) is 9. The van der Waals surface area contributed by atoms with Crippen molar-refractivity contribution in [3.8, 4) is 28.8 Å². The fraction of sp³-hybridized carbons (Fsp3) is 0.250. The fourth-order valence-corrected chi connectivity index (χ4v) is 5.34. The molecule has 1 N–H and O–H groups in total. The van der Waals surface area contributed by atoms with E-state index in [0.29, 0.717) is 34.2 Å². The van der Waals surface area contributed by atoms with Gasteiger partial charge in [-0.25, -0.2) is 17.8 Å². The van der Waals surface area contributed by atoms with Crippen LogP contribution < -0.4 is 9.47 Å². The van der Waals surface area contributed by atoms with Crippen LogP contribution in [0.25, 0.3) is 28.3 Å². The average Bonchev–Trinajstić information content (AvgIpc) is 3.66. The molecule has 0 saturated carbocycles. The number of ether oxygens (including phenoxy) is 2. The predicted molar refractivity (Wildman–Crippen MR) is 132 cm³/mol. The average molecular weight is 527 g/mol. The zero-order chi connectivity index (χ0) is 26.2. The molecule has 0 aliphatic rings. The molecule has 0 aliphatic carbocycles. The third-order valence-corrected chi connectivity index (χ3v) is 8.06. The van der Waals surface area contributed by atoms with Gasteiger partial charge in [0.1, 0.15) is 28.5 Å². The van der Waals surface area contributed by atoms with E-state index in [9.17, 15) is 12.8 Å². The Morgan fingerprint density at radius 2 is 1.86 bits per heavy atom. The molecule has 4 aromatic heterocycles. The lowest BCUT2D eigenvalue weighted by atomic mass is 10.2. The van der Waals surface area contributed by atoms with Gasteiger partial charge in [0.25, 0.3) is 0 Å². The lowest BCUT2D eigenvalue weighted by Gasteiger charge is -2.18. The first-order valence-corrected chi connectivity index (χ1v) is 12.9. The normalized spacial score (nSPS) is 12.6. The number of furan rings is 1. The van der Waals surface area contributed by atoms with Crippen LogP contribution in [-0.4, -0.2) is 57.6 Å². The quantitative estimate of drug-likeness (QED) is 0.306. The highest BCUT2D eigenvalue weighted by Gasteiger charge is 2.30. The molecule has 0 spiro atoms.